The number of carbonyl (C=O) groups excluding carboxylic acids is 1. The number of benzene rings is 3. The molecule has 0 spiro atoms. The first-order valence-electron chi connectivity index (χ1n) is 11.6. The second-order valence-electron chi connectivity index (χ2n) is 8.36. The smallest absolute Gasteiger partial charge is 0.269 e. The molecule has 190 valence electrons. The molecule has 0 saturated carbocycles. The Hall–Kier alpha value is -4.81. The summed E-state index contributed by atoms with van der Waals surface area (Å²) in [5.41, 5.74) is 4.18. The number of nitro groups is 1. The summed E-state index contributed by atoms with van der Waals surface area (Å²) in [6.07, 6.45) is 1.59. The van der Waals surface area contributed by atoms with Crippen molar-refractivity contribution in [1.29, 1.82) is 5.26 Å². The van der Waals surface area contributed by atoms with Gasteiger partial charge in [0.15, 0.2) is 0 Å². The highest BCUT2D eigenvalue weighted by atomic mass is 32.2. The molecule has 9 heteroatoms. The summed E-state index contributed by atoms with van der Waals surface area (Å²) in [6, 6.07) is 25.2. The zero-order valence-electron chi connectivity index (χ0n) is 21.0. The fourth-order valence-electron chi connectivity index (χ4n) is 3.94. The lowest BCUT2D eigenvalue weighted by molar-refractivity contribution is -0.384. The van der Waals surface area contributed by atoms with Crippen molar-refractivity contribution in [3.8, 4) is 17.5 Å². The summed E-state index contributed by atoms with van der Waals surface area (Å²) >= 11 is 1.51. The Bertz CT molecular complexity index is 1550. The average molecular weight is 525 g/mol. The van der Waals surface area contributed by atoms with E-state index in [1.165, 1.54) is 23.9 Å². The molecule has 1 aromatic heterocycles. The molecular weight excluding hydrogens is 500 g/mol. The van der Waals surface area contributed by atoms with Crippen LogP contribution in [0.5, 0.6) is 5.75 Å². The van der Waals surface area contributed by atoms with E-state index in [9.17, 15) is 20.2 Å². The second kappa shape index (κ2) is 11.5. The number of non-ortho nitro benzene ring substituents is 1. The van der Waals surface area contributed by atoms with Crippen molar-refractivity contribution < 1.29 is 14.5 Å². The number of rotatable bonds is 8. The van der Waals surface area contributed by atoms with E-state index >= 15 is 0 Å². The van der Waals surface area contributed by atoms with Gasteiger partial charge in [-0.05, 0) is 92.2 Å². The summed E-state index contributed by atoms with van der Waals surface area (Å²) in [5, 5.41) is 23.3. The topological polar surface area (TPSA) is 110 Å². The van der Waals surface area contributed by atoms with Gasteiger partial charge in [-0.15, -0.1) is 0 Å². The normalized spacial score (nSPS) is 11.1. The maximum absolute atomic E-state index is 12.7. The molecule has 0 aliphatic rings. The Morgan fingerprint density at radius 3 is 2.18 bits per heavy atom. The number of nitriles is 1. The van der Waals surface area contributed by atoms with Crippen LogP contribution in [-0.2, 0) is 4.79 Å². The third kappa shape index (κ3) is 5.94. The van der Waals surface area contributed by atoms with Crippen molar-refractivity contribution in [3.63, 3.8) is 0 Å². The minimum Gasteiger partial charge on any atom is -0.497 e. The van der Waals surface area contributed by atoms with Crippen LogP contribution >= 0.6 is 11.8 Å². The van der Waals surface area contributed by atoms with Crippen molar-refractivity contribution in [2.45, 2.75) is 23.6 Å². The maximum Gasteiger partial charge on any atom is 0.269 e. The molecule has 0 aliphatic carbocycles. The Labute approximate surface area is 224 Å². The van der Waals surface area contributed by atoms with Crippen LogP contribution < -0.4 is 10.1 Å². The van der Waals surface area contributed by atoms with E-state index in [4.69, 9.17) is 4.74 Å². The lowest BCUT2D eigenvalue weighted by atomic mass is 10.1. The van der Waals surface area contributed by atoms with Crippen LogP contribution in [0.1, 0.15) is 17.0 Å². The molecule has 38 heavy (non-hydrogen) atoms. The van der Waals surface area contributed by atoms with E-state index in [-0.39, 0.29) is 11.3 Å². The minimum absolute atomic E-state index is 0.00378. The van der Waals surface area contributed by atoms with E-state index in [0.717, 1.165) is 32.4 Å². The van der Waals surface area contributed by atoms with Crippen molar-refractivity contribution >= 4 is 35.1 Å². The number of carbonyl (C=O) groups is 1. The maximum atomic E-state index is 12.7. The summed E-state index contributed by atoms with van der Waals surface area (Å²) in [4.78, 5) is 25.1. The first-order valence-corrected chi connectivity index (χ1v) is 12.4. The molecule has 1 heterocycles. The molecule has 0 atom stereocenters. The van der Waals surface area contributed by atoms with Gasteiger partial charge in [-0.1, -0.05) is 11.8 Å². The van der Waals surface area contributed by atoms with E-state index in [0.29, 0.717) is 11.4 Å². The number of methoxy groups -OCH3 is 1. The molecule has 0 fully saturated rings. The number of nitro benzene ring substituents is 1. The highest BCUT2D eigenvalue weighted by Crippen LogP contribution is 2.31. The largest absolute Gasteiger partial charge is 0.497 e. The zero-order valence-corrected chi connectivity index (χ0v) is 21.8. The summed E-state index contributed by atoms with van der Waals surface area (Å²) in [5.74, 6) is 0.180. The Morgan fingerprint density at radius 2 is 1.63 bits per heavy atom. The monoisotopic (exact) mass is 524 g/mol. The summed E-state index contributed by atoms with van der Waals surface area (Å²) in [6.45, 7) is 3.90. The van der Waals surface area contributed by atoms with Crippen LogP contribution in [0.25, 0.3) is 11.8 Å². The number of aromatic nitrogens is 1. The van der Waals surface area contributed by atoms with E-state index < -0.39 is 10.8 Å². The first kappa shape index (κ1) is 26.3. The minimum atomic E-state index is -0.491. The van der Waals surface area contributed by atoms with Gasteiger partial charge in [0.1, 0.15) is 17.4 Å². The molecule has 3 aromatic carbocycles. The number of nitrogens with one attached hydrogen (secondary N) is 1. The predicted octanol–water partition coefficient (Wildman–Crippen LogP) is 6.71. The number of anilines is 1. The molecule has 0 bridgehead atoms. The van der Waals surface area contributed by atoms with Crippen molar-refractivity contribution in [1.82, 2.24) is 4.57 Å². The van der Waals surface area contributed by atoms with Gasteiger partial charge in [-0.2, -0.15) is 5.26 Å². The van der Waals surface area contributed by atoms with Crippen LogP contribution in [0.2, 0.25) is 0 Å². The highest BCUT2D eigenvalue weighted by molar-refractivity contribution is 7.99. The first-order chi connectivity index (χ1) is 18.3. The molecule has 4 aromatic rings. The third-order valence-corrected chi connectivity index (χ3v) is 6.88. The number of nitrogens with zero attached hydrogens (tertiary/aromatic N) is 3. The van der Waals surface area contributed by atoms with Crippen LogP contribution in [0.3, 0.4) is 0 Å². The number of hydrogen-bond donors (Lipinski definition) is 1. The van der Waals surface area contributed by atoms with Crippen LogP contribution in [0.15, 0.2) is 94.2 Å². The van der Waals surface area contributed by atoms with Crippen molar-refractivity contribution in [2.24, 2.45) is 0 Å². The molecule has 0 saturated heterocycles. The van der Waals surface area contributed by atoms with Gasteiger partial charge in [-0.3, -0.25) is 14.9 Å². The number of ether oxygens (including phenoxy) is 1. The lowest BCUT2D eigenvalue weighted by Gasteiger charge is -2.11. The molecule has 4 rings (SSSR count). The van der Waals surface area contributed by atoms with Crippen molar-refractivity contribution in [2.75, 3.05) is 12.4 Å². The summed E-state index contributed by atoms with van der Waals surface area (Å²) in [7, 11) is 1.57. The molecule has 0 aliphatic heterocycles. The van der Waals surface area contributed by atoms with E-state index in [1.54, 1.807) is 49.6 Å². The molecule has 0 unspecified atom stereocenters. The van der Waals surface area contributed by atoms with E-state index in [2.05, 4.69) is 9.88 Å². The van der Waals surface area contributed by atoms with Gasteiger partial charge >= 0.3 is 0 Å². The van der Waals surface area contributed by atoms with Crippen molar-refractivity contribution in [3.05, 3.63) is 112 Å². The quantitative estimate of drug-likeness (QED) is 0.119. The highest BCUT2D eigenvalue weighted by Gasteiger charge is 2.14. The van der Waals surface area contributed by atoms with Crippen LogP contribution in [0.4, 0.5) is 11.4 Å². The van der Waals surface area contributed by atoms with Gasteiger partial charge < -0.3 is 14.6 Å². The number of aryl methyl sites for hydroxylation is 1. The zero-order chi connectivity index (χ0) is 27.2. The Balaban J connectivity index is 1.52. The van der Waals surface area contributed by atoms with Gasteiger partial charge in [-0.25, -0.2) is 0 Å². The average Bonchev–Trinajstić information content (AvgIpc) is 3.20. The van der Waals surface area contributed by atoms with Gasteiger partial charge in [0.05, 0.1) is 12.0 Å². The Kier molecular flexibility index (Phi) is 7.94. The molecule has 8 nitrogen and oxygen atoms in total. The van der Waals surface area contributed by atoms with Crippen LogP contribution in [-0.4, -0.2) is 22.5 Å². The number of amides is 1. The molecule has 1 N–H and O–H groups in total. The van der Waals surface area contributed by atoms with Gasteiger partial charge in [0.25, 0.3) is 11.6 Å². The fourth-order valence-corrected chi connectivity index (χ4v) is 4.76. The third-order valence-electron chi connectivity index (χ3n) is 5.86. The fraction of sp³-hybridized carbons (Fsp3) is 0.103. The lowest BCUT2D eigenvalue weighted by Crippen LogP contribution is -2.13. The van der Waals surface area contributed by atoms with Gasteiger partial charge in [0.2, 0.25) is 0 Å². The Morgan fingerprint density at radius 1 is 1.03 bits per heavy atom. The number of hydrogen-bond acceptors (Lipinski definition) is 6. The standard InChI is InChI=1S/C29H24N4O4S/c1-19-16-21(17-22(18-30)29(34)31-23-4-10-26(37-3)11-5-23)20(2)32(19)24-6-12-27(13-7-24)38-28-14-8-25(9-15-28)33(35)36/h4-17H,1-3H3,(H,31,34). The van der Waals surface area contributed by atoms with Crippen LogP contribution in [0, 0.1) is 35.3 Å². The van der Waals surface area contributed by atoms with E-state index in [1.807, 2.05) is 50.2 Å². The summed E-state index contributed by atoms with van der Waals surface area (Å²) < 4.78 is 7.19. The predicted molar refractivity (Wildman–Crippen MR) is 148 cm³/mol. The van der Waals surface area contributed by atoms with Gasteiger partial charge in [0, 0.05) is 44.7 Å². The molecular formula is C29H24N4O4S. The second-order valence-corrected chi connectivity index (χ2v) is 9.51. The molecule has 0 radical (unpaired) electrons. The SMILES string of the molecule is COc1ccc(NC(=O)C(C#N)=Cc2cc(C)n(-c3ccc(Sc4ccc([N+](=O)[O-])cc4)cc3)c2C)cc1. The molecule has 1 amide bonds.